The second-order valence-corrected chi connectivity index (χ2v) is 17.2. The fraction of sp³-hybridized carbons (Fsp3) is 0.863. The highest BCUT2D eigenvalue weighted by molar-refractivity contribution is 5.80. The Labute approximate surface area is 354 Å². The van der Waals surface area contributed by atoms with Crippen molar-refractivity contribution in [3.8, 4) is 0 Å². The summed E-state index contributed by atoms with van der Waals surface area (Å²) in [5.74, 6) is -0.600. The van der Waals surface area contributed by atoms with Gasteiger partial charge in [0.2, 0.25) is 5.91 Å². The van der Waals surface area contributed by atoms with E-state index in [1.165, 1.54) is 167 Å². The Morgan fingerprint density at radius 3 is 1.16 bits per heavy atom. The molecule has 0 aromatic heterocycles. The van der Waals surface area contributed by atoms with E-state index in [2.05, 4.69) is 55.6 Å². The lowest BCUT2D eigenvalue weighted by Crippen LogP contribution is -2.53. The van der Waals surface area contributed by atoms with Crippen LogP contribution in [0.5, 0.6) is 0 Å². The number of allylic oxidation sites excluding steroid dienone is 6. The van der Waals surface area contributed by atoms with E-state index in [-0.39, 0.29) is 0 Å². The van der Waals surface area contributed by atoms with Crippen LogP contribution in [0.1, 0.15) is 251 Å². The van der Waals surface area contributed by atoms with Crippen molar-refractivity contribution in [1.82, 2.24) is 5.32 Å². The Morgan fingerprint density at radius 1 is 0.439 bits per heavy atom. The summed E-state index contributed by atoms with van der Waals surface area (Å²) in [5, 5.41) is 43.8. The molecule has 0 aliphatic heterocycles. The Balaban J connectivity index is 3.75. The molecule has 0 aromatic rings. The predicted octanol–water partition coefficient (Wildman–Crippen LogP) is 13.7. The normalized spacial score (nSPS) is 14.3. The van der Waals surface area contributed by atoms with Crippen molar-refractivity contribution in [2.24, 2.45) is 0 Å². The third-order valence-electron chi connectivity index (χ3n) is 11.6. The van der Waals surface area contributed by atoms with Crippen LogP contribution in [0.15, 0.2) is 36.5 Å². The first-order valence-corrected chi connectivity index (χ1v) is 24.9. The number of nitrogens with one attached hydrogen (secondary N) is 1. The highest BCUT2D eigenvalue weighted by Gasteiger charge is 2.28. The number of hydrogen-bond donors (Lipinski definition) is 5. The lowest BCUT2D eigenvalue weighted by Gasteiger charge is -2.27. The van der Waals surface area contributed by atoms with E-state index in [1.54, 1.807) is 0 Å². The van der Waals surface area contributed by atoms with Crippen molar-refractivity contribution in [1.29, 1.82) is 0 Å². The van der Waals surface area contributed by atoms with Gasteiger partial charge in [-0.1, -0.05) is 217 Å². The van der Waals surface area contributed by atoms with Crippen LogP contribution in [0.4, 0.5) is 0 Å². The highest BCUT2D eigenvalue weighted by atomic mass is 16.3. The number of aliphatic hydroxyl groups is 4. The highest BCUT2D eigenvalue weighted by Crippen LogP contribution is 2.16. The zero-order valence-electron chi connectivity index (χ0n) is 37.8. The molecule has 0 aliphatic carbocycles. The minimum atomic E-state index is -1.29. The summed E-state index contributed by atoms with van der Waals surface area (Å²) < 4.78 is 0. The van der Waals surface area contributed by atoms with Crippen molar-refractivity contribution in [2.75, 3.05) is 6.61 Å². The van der Waals surface area contributed by atoms with Gasteiger partial charge in [0.1, 0.15) is 12.2 Å². The quantitative estimate of drug-likeness (QED) is 0.0311. The second-order valence-electron chi connectivity index (χ2n) is 17.2. The van der Waals surface area contributed by atoms with Gasteiger partial charge in [0, 0.05) is 0 Å². The van der Waals surface area contributed by atoms with Gasteiger partial charge < -0.3 is 25.7 Å². The van der Waals surface area contributed by atoms with Gasteiger partial charge in [-0.05, 0) is 70.6 Å². The maximum Gasteiger partial charge on any atom is 0.249 e. The summed E-state index contributed by atoms with van der Waals surface area (Å²) in [5.41, 5.74) is 0. The summed E-state index contributed by atoms with van der Waals surface area (Å²) in [6, 6.07) is -1.01. The first-order valence-electron chi connectivity index (χ1n) is 24.9. The fourth-order valence-corrected chi connectivity index (χ4v) is 7.61. The third kappa shape index (κ3) is 39.7. The van der Waals surface area contributed by atoms with Crippen molar-refractivity contribution in [3.63, 3.8) is 0 Å². The molecule has 4 unspecified atom stereocenters. The van der Waals surface area contributed by atoms with E-state index in [9.17, 15) is 25.2 Å². The van der Waals surface area contributed by atoms with Crippen LogP contribution in [-0.4, -0.2) is 57.3 Å². The molecule has 0 bridgehead atoms. The van der Waals surface area contributed by atoms with Crippen LogP contribution >= 0.6 is 0 Å². The van der Waals surface area contributed by atoms with Crippen LogP contribution in [0.2, 0.25) is 0 Å². The smallest absolute Gasteiger partial charge is 0.249 e. The summed E-state index contributed by atoms with van der Waals surface area (Å²) in [7, 11) is 0. The van der Waals surface area contributed by atoms with E-state index in [1.807, 2.05) is 0 Å². The minimum absolute atomic E-state index is 0.351. The molecule has 0 heterocycles. The van der Waals surface area contributed by atoms with Crippen molar-refractivity contribution < 1.29 is 25.2 Å². The number of carbonyl (C=O) groups excluding carboxylic acids is 1. The van der Waals surface area contributed by atoms with Crippen LogP contribution < -0.4 is 5.32 Å². The van der Waals surface area contributed by atoms with Gasteiger partial charge in [-0.15, -0.1) is 0 Å². The Bertz CT molecular complexity index is 904. The number of carbonyl (C=O) groups is 1. The first kappa shape index (κ1) is 55.5. The van der Waals surface area contributed by atoms with Crippen molar-refractivity contribution >= 4 is 5.91 Å². The number of aliphatic hydroxyl groups excluding tert-OH is 4. The summed E-state index contributed by atoms with van der Waals surface area (Å²) in [6.45, 7) is 4.05. The van der Waals surface area contributed by atoms with Crippen molar-refractivity contribution in [3.05, 3.63) is 36.5 Å². The minimum Gasteiger partial charge on any atom is -0.394 e. The lowest BCUT2D eigenvalue weighted by molar-refractivity contribution is -0.132. The van der Waals surface area contributed by atoms with Crippen LogP contribution in [0.3, 0.4) is 0 Å². The number of amides is 1. The largest absolute Gasteiger partial charge is 0.394 e. The molecular weight excluding hydrogens is 707 g/mol. The topological polar surface area (TPSA) is 110 Å². The molecule has 0 fully saturated rings. The zero-order chi connectivity index (χ0) is 41.7. The molecule has 0 aliphatic rings. The molecule has 6 heteroatoms. The molecule has 0 aromatic carbocycles. The summed E-state index contributed by atoms with van der Waals surface area (Å²) in [6.07, 6.45) is 54.7. The average molecular weight is 804 g/mol. The molecular formula is C51H97NO5. The molecule has 0 saturated heterocycles. The Kier molecular flexibility index (Phi) is 44.4. The van der Waals surface area contributed by atoms with Gasteiger partial charge in [0.05, 0.1) is 18.8 Å². The van der Waals surface area contributed by atoms with E-state index in [4.69, 9.17) is 0 Å². The average Bonchev–Trinajstić information content (AvgIpc) is 3.22. The zero-order valence-corrected chi connectivity index (χ0v) is 37.8. The van der Waals surface area contributed by atoms with Crippen LogP contribution in [-0.2, 0) is 4.79 Å². The van der Waals surface area contributed by atoms with Gasteiger partial charge in [-0.2, -0.15) is 0 Å². The maximum absolute atomic E-state index is 12.5. The van der Waals surface area contributed by atoms with E-state index in [0.717, 1.165) is 57.8 Å². The van der Waals surface area contributed by atoms with Gasteiger partial charge in [0.15, 0.2) is 0 Å². The Morgan fingerprint density at radius 2 is 0.772 bits per heavy atom. The predicted molar refractivity (Wildman–Crippen MR) is 247 cm³/mol. The molecule has 4 atom stereocenters. The maximum atomic E-state index is 12.5. The molecule has 5 N–H and O–H groups in total. The molecule has 1 amide bonds. The third-order valence-corrected chi connectivity index (χ3v) is 11.6. The molecule has 0 spiro atoms. The standard InChI is InChI=1S/C51H97NO5/c1-3-5-7-9-11-13-15-17-19-21-23-24-25-27-29-31-33-35-37-39-41-43-45-49(55)51(57)52-47(46-53)50(56)48(54)44-42-40-38-36-34-32-30-28-26-22-20-18-16-14-12-10-8-6-4-2/h23-24,27,29,36,38,47-50,53-56H,3-22,25-26,28,30-35,37,39-46H2,1-2H3,(H,52,57)/b24-23-,29-27-,38-36+. The molecule has 0 rings (SSSR count). The summed E-state index contributed by atoms with van der Waals surface area (Å²) >= 11 is 0. The molecule has 6 nitrogen and oxygen atoms in total. The van der Waals surface area contributed by atoms with Crippen molar-refractivity contribution in [2.45, 2.75) is 276 Å². The first-order chi connectivity index (χ1) is 28.0. The van der Waals surface area contributed by atoms with Gasteiger partial charge in [0.25, 0.3) is 0 Å². The van der Waals surface area contributed by atoms with Gasteiger partial charge in [-0.25, -0.2) is 0 Å². The van der Waals surface area contributed by atoms with Crippen LogP contribution in [0, 0.1) is 0 Å². The van der Waals surface area contributed by atoms with E-state index >= 15 is 0 Å². The Hall–Kier alpha value is -1.47. The summed E-state index contributed by atoms with van der Waals surface area (Å²) in [4.78, 5) is 12.5. The lowest BCUT2D eigenvalue weighted by atomic mass is 10.00. The van der Waals surface area contributed by atoms with Gasteiger partial charge in [-0.3, -0.25) is 4.79 Å². The molecule has 336 valence electrons. The number of hydrogen-bond acceptors (Lipinski definition) is 5. The van der Waals surface area contributed by atoms with Gasteiger partial charge >= 0.3 is 0 Å². The van der Waals surface area contributed by atoms with E-state index in [0.29, 0.717) is 12.8 Å². The second kappa shape index (κ2) is 45.6. The molecule has 57 heavy (non-hydrogen) atoms. The number of rotatable bonds is 45. The molecule has 0 radical (unpaired) electrons. The monoisotopic (exact) mass is 804 g/mol. The molecule has 0 saturated carbocycles. The fourth-order valence-electron chi connectivity index (χ4n) is 7.61. The SMILES string of the molecule is CCCCCCCCCCC/C=C\C/C=C\CCCCCCCCC(O)C(=O)NC(CO)C(O)C(O)CCC/C=C/CCCCCCCCCCCCCCCC. The van der Waals surface area contributed by atoms with Crippen LogP contribution in [0.25, 0.3) is 0 Å². The number of unbranched alkanes of at least 4 members (excludes halogenated alkanes) is 30. The van der Waals surface area contributed by atoms with E-state index < -0.39 is 36.9 Å².